The van der Waals surface area contributed by atoms with Crippen molar-refractivity contribution >= 4 is 5.97 Å². The first-order chi connectivity index (χ1) is 3.72. The summed E-state index contributed by atoms with van der Waals surface area (Å²) in [6.07, 6.45) is 0.734. The van der Waals surface area contributed by atoms with Gasteiger partial charge >= 0.3 is 5.97 Å². The van der Waals surface area contributed by atoms with Crippen LogP contribution in [0.3, 0.4) is 0 Å². The van der Waals surface area contributed by atoms with E-state index in [2.05, 4.69) is 5.11 Å². The predicted molar refractivity (Wildman–Crippen MR) is 27.1 cm³/mol. The Morgan fingerprint density at radius 1 is 2.14 bits per heavy atom. The first-order valence-electron chi connectivity index (χ1n) is 2.80. The molecule has 0 amide bonds. The third-order valence-corrected chi connectivity index (χ3v) is 1.01. The Kier molecular flexibility index (Phi) is 1.72. The Balaban J connectivity index is 3.46. The summed E-state index contributed by atoms with van der Waals surface area (Å²) in [5, 5.41) is 3.71. The highest BCUT2D eigenvalue weighted by atomic mass is 16.4. The summed E-state index contributed by atoms with van der Waals surface area (Å²) in [7, 11) is 0. The van der Waals surface area contributed by atoms with E-state index in [4.69, 9.17) is 1.43 Å². The Labute approximate surface area is 44.6 Å². The van der Waals surface area contributed by atoms with E-state index in [1.165, 1.54) is 0 Å². The van der Waals surface area contributed by atoms with Gasteiger partial charge in [0.2, 0.25) is 0 Å². The van der Waals surface area contributed by atoms with Gasteiger partial charge in [0.15, 0.2) is 0 Å². The van der Waals surface area contributed by atoms with Crippen LogP contribution in [-0.4, -0.2) is 11.1 Å². The summed E-state index contributed by atoms with van der Waals surface area (Å²) >= 11 is 0. The third-order valence-electron chi connectivity index (χ3n) is 1.01. The first-order valence-corrected chi connectivity index (χ1v) is 2.39. The van der Waals surface area contributed by atoms with Crippen molar-refractivity contribution in [2.24, 2.45) is 5.92 Å². The van der Waals surface area contributed by atoms with Crippen molar-refractivity contribution in [3.63, 3.8) is 0 Å². The van der Waals surface area contributed by atoms with Gasteiger partial charge in [0.25, 0.3) is 1.43 Å². The van der Waals surface area contributed by atoms with Gasteiger partial charge in [0.05, 0.1) is 5.92 Å². The van der Waals surface area contributed by atoms with Crippen molar-refractivity contribution in [3.05, 3.63) is 0 Å². The van der Waals surface area contributed by atoms with Gasteiger partial charge in [-0.05, 0) is 6.42 Å². The van der Waals surface area contributed by atoms with E-state index in [1.54, 1.807) is 6.92 Å². The molecule has 2 nitrogen and oxygen atoms in total. The van der Waals surface area contributed by atoms with Gasteiger partial charge in [-0.15, -0.1) is 0 Å². The molecule has 0 saturated heterocycles. The maximum absolute atomic E-state index is 10.3. The van der Waals surface area contributed by atoms with Gasteiger partial charge in [0, 0.05) is 0 Å². The quantitative estimate of drug-likeness (QED) is 0.568. The van der Waals surface area contributed by atoms with E-state index in [-0.39, 0.29) is 5.92 Å². The number of carboxylic acids is 1. The fourth-order valence-electron chi connectivity index (χ4n) is 0.167. The maximum Gasteiger partial charge on any atom is 0.306 e. The number of hydrogen-bond acceptors (Lipinski definition) is 2. The minimum absolute atomic E-state index is 0.132. The molecule has 0 saturated carbocycles. The van der Waals surface area contributed by atoms with Gasteiger partial charge in [-0.1, -0.05) is 13.8 Å². The molecular weight excluding hydrogens is 92.1 g/mol. The van der Waals surface area contributed by atoms with Crippen LogP contribution in [-0.2, 0) is 4.79 Å². The second-order valence-corrected chi connectivity index (χ2v) is 1.63. The SMILES string of the molecule is [2H]OC(=O)[C@@H](C)CC. The zero-order valence-corrected chi connectivity index (χ0v) is 4.60. The number of hydrogen-bond donors (Lipinski definition) is 1. The van der Waals surface area contributed by atoms with Crippen LogP contribution in [0.1, 0.15) is 20.3 Å². The van der Waals surface area contributed by atoms with Gasteiger partial charge in [-0.2, -0.15) is 0 Å². The van der Waals surface area contributed by atoms with Crippen molar-refractivity contribution in [3.8, 4) is 0 Å². The lowest BCUT2D eigenvalue weighted by atomic mass is 10.1. The second-order valence-electron chi connectivity index (χ2n) is 1.63. The second kappa shape index (κ2) is 2.61. The largest absolute Gasteiger partial charge is 0.481 e. The molecule has 0 unspecified atom stereocenters. The summed E-state index contributed by atoms with van der Waals surface area (Å²) < 4.78 is 6.19. The average molecular weight is 103 g/mol. The summed E-state index contributed by atoms with van der Waals surface area (Å²) in [6.45, 7) is 3.61. The van der Waals surface area contributed by atoms with Crippen molar-refractivity contribution in [1.82, 2.24) is 0 Å². The first kappa shape index (κ1) is 4.62. The number of carboxylic acid groups (broad SMARTS) is 1. The molecule has 0 aromatic rings. The molecule has 0 radical (unpaired) electrons. The van der Waals surface area contributed by atoms with Crippen LogP contribution >= 0.6 is 0 Å². The van der Waals surface area contributed by atoms with Gasteiger partial charge in [-0.3, -0.25) is 4.79 Å². The summed E-state index contributed by atoms with van der Waals surface area (Å²) in [6, 6.07) is 0. The molecule has 0 aliphatic heterocycles. The summed E-state index contributed by atoms with van der Waals surface area (Å²) in [5.41, 5.74) is 0. The topological polar surface area (TPSA) is 37.3 Å². The van der Waals surface area contributed by atoms with Crippen LogP contribution in [0.15, 0.2) is 0 Å². The molecule has 0 heterocycles. The van der Waals surface area contributed by atoms with Crippen LogP contribution in [0.2, 0.25) is 0 Å². The fraction of sp³-hybridized carbons (Fsp3) is 0.800. The highest BCUT2D eigenvalue weighted by Crippen LogP contribution is 1.97. The van der Waals surface area contributed by atoms with Crippen molar-refractivity contribution in [2.45, 2.75) is 20.3 Å². The molecule has 0 aromatic carbocycles. The summed E-state index contributed by atoms with van der Waals surface area (Å²) in [5.74, 6) is -0.583. The van der Waals surface area contributed by atoms with Crippen LogP contribution in [0.4, 0.5) is 0 Å². The Morgan fingerprint density at radius 2 is 2.71 bits per heavy atom. The zero-order valence-electron chi connectivity index (χ0n) is 5.60. The predicted octanol–water partition coefficient (Wildman–Crippen LogP) is 1.12. The summed E-state index contributed by atoms with van der Waals surface area (Å²) in [4.78, 5) is 10.3. The van der Waals surface area contributed by atoms with E-state index in [0.29, 0.717) is 0 Å². The lowest BCUT2D eigenvalue weighted by Gasteiger charge is -1.96. The Morgan fingerprint density at radius 3 is 2.86 bits per heavy atom. The molecule has 1 N–H and O–H groups in total. The molecule has 0 aromatic heterocycles. The molecular formula is C5H10O2. The molecule has 0 rings (SSSR count). The Bertz CT molecular complexity index is 82.5. The van der Waals surface area contributed by atoms with Crippen molar-refractivity contribution in [2.75, 3.05) is 0 Å². The molecule has 7 heavy (non-hydrogen) atoms. The molecule has 0 aliphatic carbocycles. The van der Waals surface area contributed by atoms with Crippen LogP contribution in [0, 0.1) is 5.92 Å². The van der Waals surface area contributed by atoms with Gasteiger partial charge < -0.3 is 5.11 Å². The minimum Gasteiger partial charge on any atom is -0.481 e. The lowest BCUT2D eigenvalue weighted by Crippen LogP contribution is -2.06. The molecule has 2 heteroatoms. The van der Waals surface area contributed by atoms with Crippen LogP contribution < -0.4 is 0 Å². The average Bonchev–Trinajstić information content (AvgIpc) is 1.84. The minimum atomic E-state index is -0.451. The lowest BCUT2D eigenvalue weighted by molar-refractivity contribution is -0.141. The van der Waals surface area contributed by atoms with Gasteiger partial charge in [-0.25, -0.2) is 0 Å². The number of rotatable bonds is 2. The highest BCUT2D eigenvalue weighted by Gasteiger charge is 2.05. The highest BCUT2D eigenvalue weighted by molar-refractivity contribution is 5.69. The van der Waals surface area contributed by atoms with E-state index in [9.17, 15) is 4.79 Å². The molecule has 0 aliphatic rings. The van der Waals surface area contributed by atoms with Crippen molar-refractivity contribution in [1.29, 1.82) is 1.43 Å². The molecule has 0 bridgehead atoms. The third kappa shape index (κ3) is 2.20. The van der Waals surface area contributed by atoms with E-state index in [0.717, 1.165) is 6.42 Å². The van der Waals surface area contributed by atoms with Crippen LogP contribution in [0.25, 0.3) is 1.43 Å². The van der Waals surface area contributed by atoms with Crippen LogP contribution in [0.5, 0.6) is 0 Å². The van der Waals surface area contributed by atoms with E-state index >= 15 is 0 Å². The zero-order chi connectivity index (χ0) is 6.57. The number of carbonyl (C=O) groups is 1. The molecule has 0 fully saturated rings. The Hall–Kier alpha value is -0.530. The van der Waals surface area contributed by atoms with E-state index < -0.39 is 5.97 Å². The normalized spacial score (nSPS) is 14.9. The number of aliphatic carboxylic acids is 1. The molecule has 0 spiro atoms. The standard InChI is InChI=1S/C5H10O2/c1-3-4(2)5(6)7/h4H,3H2,1-2H3,(H,6,7)/t4-/m0/s1/i/hD. The maximum atomic E-state index is 10.3. The van der Waals surface area contributed by atoms with Gasteiger partial charge in [0.1, 0.15) is 0 Å². The van der Waals surface area contributed by atoms with Crippen molar-refractivity contribution < 1.29 is 9.90 Å². The molecule has 42 valence electrons. The molecule has 1 atom stereocenters. The fourth-order valence-corrected chi connectivity index (χ4v) is 0.167. The smallest absolute Gasteiger partial charge is 0.306 e. The van der Waals surface area contributed by atoms with E-state index in [1.807, 2.05) is 6.92 Å². The monoisotopic (exact) mass is 103 g/mol.